The Kier molecular flexibility index (Phi) is 4.74. The van der Waals surface area contributed by atoms with Crippen molar-refractivity contribution in [3.05, 3.63) is 60.2 Å². The fraction of sp³-hybridized carbons (Fsp3) is 0.182. The SMILES string of the molecule is Cc1nc2nc(n1)N(C)c1cccc(c1)N(C)c1nc(C)nc(n1)Oc1cccc(c1)O2. The third-order valence-electron chi connectivity index (χ3n) is 4.86. The second-order valence-electron chi connectivity index (χ2n) is 7.25. The molecule has 0 spiro atoms. The van der Waals surface area contributed by atoms with E-state index in [0.717, 1.165) is 11.4 Å². The van der Waals surface area contributed by atoms with Crippen molar-refractivity contribution in [2.75, 3.05) is 23.9 Å². The molecule has 3 heterocycles. The van der Waals surface area contributed by atoms with E-state index < -0.39 is 0 Å². The first-order valence-corrected chi connectivity index (χ1v) is 9.93. The molecule has 0 saturated carbocycles. The fourth-order valence-corrected chi connectivity index (χ4v) is 3.23. The van der Waals surface area contributed by atoms with Gasteiger partial charge in [-0.05, 0) is 44.2 Å². The lowest BCUT2D eigenvalue weighted by molar-refractivity contribution is 0.419. The van der Waals surface area contributed by atoms with E-state index in [2.05, 4.69) is 29.9 Å². The molecular weight excluding hydrogens is 408 g/mol. The Morgan fingerprint density at radius 1 is 0.594 bits per heavy atom. The molecule has 4 aromatic rings. The molecule has 0 unspecified atom stereocenters. The van der Waals surface area contributed by atoms with E-state index in [1.807, 2.05) is 48.2 Å². The van der Waals surface area contributed by atoms with Gasteiger partial charge < -0.3 is 19.3 Å². The van der Waals surface area contributed by atoms with Crippen molar-refractivity contribution in [3.63, 3.8) is 0 Å². The van der Waals surface area contributed by atoms with Gasteiger partial charge in [0.25, 0.3) is 0 Å². The molecular formula is C22H20N8O2. The fourth-order valence-electron chi connectivity index (χ4n) is 3.23. The summed E-state index contributed by atoms with van der Waals surface area (Å²) >= 11 is 0. The maximum Gasteiger partial charge on any atom is 0.327 e. The van der Waals surface area contributed by atoms with Gasteiger partial charge in [-0.25, -0.2) is 0 Å². The van der Waals surface area contributed by atoms with Gasteiger partial charge in [0.15, 0.2) is 0 Å². The van der Waals surface area contributed by atoms with Crippen LogP contribution in [0, 0.1) is 13.8 Å². The zero-order chi connectivity index (χ0) is 22.2. The summed E-state index contributed by atoms with van der Waals surface area (Å²) < 4.78 is 11.8. The first-order valence-electron chi connectivity index (χ1n) is 9.93. The zero-order valence-corrected chi connectivity index (χ0v) is 18.0. The van der Waals surface area contributed by atoms with Crippen LogP contribution in [0.15, 0.2) is 48.5 Å². The number of hydrogen-bond acceptors (Lipinski definition) is 10. The minimum Gasteiger partial charge on any atom is -0.424 e. The maximum atomic E-state index is 5.91. The summed E-state index contributed by atoms with van der Waals surface area (Å²) in [5.74, 6) is 3.04. The molecule has 0 radical (unpaired) electrons. The Balaban J connectivity index is 1.69. The summed E-state index contributed by atoms with van der Waals surface area (Å²) in [4.78, 5) is 30.3. The van der Waals surface area contributed by atoms with E-state index in [9.17, 15) is 0 Å². The topological polar surface area (TPSA) is 102 Å². The zero-order valence-electron chi connectivity index (χ0n) is 18.0. The molecule has 5 rings (SSSR count). The number of ether oxygens (including phenoxy) is 2. The molecule has 0 aliphatic carbocycles. The number of rotatable bonds is 0. The van der Waals surface area contributed by atoms with E-state index in [0.29, 0.717) is 35.0 Å². The van der Waals surface area contributed by atoms with Crippen molar-refractivity contribution in [1.82, 2.24) is 29.9 Å². The van der Waals surface area contributed by atoms with Crippen molar-refractivity contribution in [1.29, 1.82) is 0 Å². The molecule has 0 amide bonds. The number of hydrogen-bond donors (Lipinski definition) is 0. The number of aromatic nitrogens is 6. The van der Waals surface area contributed by atoms with Crippen molar-refractivity contribution >= 4 is 23.3 Å². The lowest BCUT2D eigenvalue weighted by Gasteiger charge is -2.22. The van der Waals surface area contributed by atoms with Crippen LogP contribution in [-0.2, 0) is 0 Å². The molecule has 8 bridgehead atoms. The third kappa shape index (κ3) is 3.85. The summed E-state index contributed by atoms with van der Waals surface area (Å²) in [6.07, 6.45) is 0. The van der Waals surface area contributed by atoms with Gasteiger partial charge in [-0.2, -0.15) is 29.9 Å². The number of fused-ring (bicyclic) bond motifs is 8. The molecule has 10 nitrogen and oxygen atoms in total. The second kappa shape index (κ2) is 7.73. The number of nitrogens with zero attached hydrogens (tertiary/aromatic N) is 8. The van der Waals surface area contributed by atoms with Crippen LogP contribution in [0.4, 0.5) is 23.3 Å². The summed E-state index contributed by atoms with van der Waals surface area (Å²) in [7, 11) is 3.78. The van der Waals surface area contributed by atoms with Crippen molar-refractivity contribution in [2.45, 2.75) is 13.8 Å². The average molecular weight is 428 g/mol. The van der Waals surface area contributed by atoms with Crippen molar-refractivity contribution in [2.24, 2.45) is 0 Å². The van der Waals surface area contributed by atoms with E-state index >= 15 is 0 Å². The molecule has 10 heteroatoms. The number of aryl methyl sites for hydroxylation is 2. The highest BCUT2D eigenvalue weighted by molar-refractivity contribution is 5.67. The van der Waals surface area contributed by atoms with Crippen LogP contribution in [0.2, 0.25) is 0 Å². The normalized spacial score (nSPS) is 12.8. The number of benzene rings is 2. The van der Waals surface area contributed by atoms with Gasteiger partial charge in [0, 0.05) is 31.5 Å². The molecule has 160 valence electrons. The van der Waals surface area contributed by atoms with Crippen LogP contribution in [0.3, 0.4) is 0 Å². The highest BCUT2D eigenvalue weighted by Crippen LogP contribution is 2.31. The van der Waals surface area contributed by atoms with Crippen LogP contribution in [0.1, 0.15) is 11.6 Å². The highest BCUT2D eigenvalue weighted by atomic mass is 16.5. The molecule has 0 saturated heterocycles. The monoisotopic (exact) mass is 428 g/mol. The average Bonchev–Trinajstić information content (AvgIpc) is 2.77. The molecule has 2 aromatic heterocycles. The van der Waals surface area contributed by atoms with Crippen LogP contribution < -0.4 is 19.3 Å². The van der Waals surface area contributed by atoms with Gasteiger partial charge in [0.05, 0.1) is 0 Å². The Morgan fingerprint density at radius 3 is 1.56 bits per heavy atom. The molecule has 0 atom stereocenters. The van der Waals surface area contributed by atoms with Gasteiger partial charge in [-0.1, -0.05) is 12.1 Å². The first kappa shape index (κ1) is 19.6. The van der Waals surface area contributed by atoms with Crippen molar-refractivity contribution in [3.8, 4) is 23.5 Å². The summed E-state index contributed by atoms with van der Waals surface area (Å²) in [6, 6.07) is 15.4. The summed E-state index contributed by atoms with van der Waals surface area (Å²) in [6.45, 7) is 3.59. The van der Waals surface area contributed by atoms with Crippen LogP contribution in [0.25, 0.3) is 0 Å². The van der Waals surface area contributed by atoms with Gasteiger partial charge in [0.2, 0.25) is 11.9 Å². The standard InChI is InChI=1S/C22H20N8O2/c1-13-23-19-27-21(25-13)31-17-9-6-10-18(12-17)32-22-26-14(2)24-20(28-22)30(4)16-8-5-7-15(11-16)29(19)3/h5-12H,1-4H3. The van der Waals surface area contributed by atoms with Gasteiger partial charge >= 0.3 is 12.0 Å². The van der Waals surface area contributed by atoms with E-state index in [-0.39, 0.29) is 12.0 Å². The quantitative estimate of drug-likeness (QED) is 0.406. The third-order valence-corrected chi connectivity index (χ3v) is 4.86. The molecule has 2 aromatic carbocycles. The Labute approximate surface area is 184 Å². The predicted octanol–water partition coefficient (Wildman–Crippen LogP) is 4.11. The van der Waals surface area contributed by atoms with E-state index in [4.69, 9.17) is 9.47 Å². The van der Waals surface area contributed by atoms with E-state index in [1.165, 1.54) is 0 Å². The summed E-state index contributed by atoms with van der Waals surface area (Å²) in [5, 5.41) is 0. The minimum atomic E-state index is 0.190. The minimum absolute atomic E-state index is 0.190. The smallest absolute Gasteiger partial charge is 0.327 e. The first-order chi connectivity index (χ1) is 15.4. The molecule has 1 aliphatic heterocycles. The van der Waals surface area contributed by atoms with Crippen LogP contribution in [0.5, 0.6) is 23.5 Å². The molecule has 32 heavy (non-hydrogen) atoms. The van der Waals surface area contributed by atoms with Gasteiger partial charge in [-0.15, -0.1) is 0 Å². The largest absolute Gasteiger partial charge is 0.424 e. The van der Waals surface area contributed by atoms with Gasteiger partial charge in [-0.3, -0.25) is 0 Å². The molecule has 0 fully saturated rings. The Morgan fingerprint density at radius 2 is 1.06 bits per heavy atom. The van der Waals surface area contributed by atoms with E-state index in [1.54, 1.807) is 38.1 Å². The lowest BCUT2D eigenvalue weighted by Crippen LogP contribution is -2.17. The van der Waals surface area contributed by atoms with Crippen molar-refractivity contribution < 1.29 is 9.47 Å². The second-order valence-corrected chi connectivity index (χ2v) is 7.25. The maximum absolute atomic E-state index is 5.91. The number of anilines is 4. The highest BCUT2D eigenvalue weighted by Gasteiger charge is 2.17. The predicted molar refractivity (Wildman–Crippen MR) is 118 cm³/mol. The Hall–Kier alpha value is -4.34. The Bertz CT molecular complexity index is 1220. The van der Waals surface area contributed by atoms with Crippen LogP contribution in [-0.4, -0.2) is 44.0 Å². The van der Waals surface area contributed by atoms with Gasteiger partial charge in [0.1, 0.15) is 23.1 Å². The molecule has 0 N–H and O–H groups in total. The lowest BCUT2D eigenvalue weighted by atomic mass is 10.2. The molecule has 1 aliphatic rings. The summed E-state index contributed by atoms with van der Waals surface area (Å²) in [5.41, 5.74) is 1.75. The van der Waals surface area contributed by atoms with Crippen LogP contribution >= 0.6 is 0 Å².